The van der Waals surface area contributed by atoms with Gasteiger partial charge >= 0.3 is 0 Å². The van der Waals surface area contributed by atoms with E-state index in [1.165, 1.54) is 17.3 Å². The molecule has 0 unspecified atom stereocenters. The predicted molar refractivity (Wildman–Crippen MR) is 162 cm³/mol. The molecule has 3 aromatic rings. The van der Waals surface area contributed by atoms with Crippen molar-refractivity contribution in [3.63, 3.8) is 0 Å². The number of hydrogen-bond donors (Lipinski definition) is 2. The first-order chi connectivity index (χ1) is 19.7. The highest BCUT2D eigenvalue weighted by Gasteiger charge is 2.25. The Morgan fingerprint density at radius 1 is 0.976 bits per heavy atom. The first-order valence-electron chi connectivity index (χ1n) is 13.5. The van der Waals surface area contributed by atoms with Crippen LogP contribution in [0.25, 0.3) is 0 Å². The molecule has 0 aliphatic carbocycles. The average Bonchev–Trinajstić information content (AvgIpc) is 3.16. The van der Waals surface area contributed by atoms with E-state index in [2.05, 4.69) is 37.6 Å². The molecule has 0 fully saturated rings. The molecule has 0 spiro atoms. The molecule has 4 rings (SSSR count). The Balaban J connectivity index is 1.59. The van der Waals surface area contributed by atoms with Gasteiger partial charge in [0.15, 0.2) is 15.7 Å². The minimum atomic E-state index is -3.53. The zero-order valence-corrected chi connectivity index (χ0v) is 25.7. The first-order valence-corrected chi connectivity index (χ1v) is 15.4. The van der Waals surface area contributed by atoms with Crippen molar-refractivity contribution in [1.29, 1.82) is 0 Å². The zero-order valence-electron chi connectivity index (χ0n) is 24.1. The summed E-state index contributed by atoms with van der Waals surface area (Å²) in [6, 6.07) is 11.0. The summed E-state index contributed by atoms with van der Waals surface area (Å²) in [5.41, 5.74) is 3.55. The van der Waals surface area contributed by atoms with Crippen LogP contribution >= 0.6 is 11.6 Å². The summed E-state index contributed by atoms with van der Waals surface area (Å²) in [6.07, 6.45) is 3.20. The standard InChI is InChI=1S/C29H38ClN5O5S/c1-19(2)41(36,37)27-9-7-6-8-24(27)32-28-23(30)16-31-29(34-28)33-25-14-20-10-12-35(22(17-38-3)18-39-4)13-11-21(20)15-26(25)40-5/h6-9,14-16,19,22H,10-13,17-18H2,1-5H3,(H2,31,32,33,34). The molecule has 0 radical (unpaired) electrons. The molecule has 1 aromatic heterocycles. The van der Waals surface area contributed by atoms with E-state index in [0.717, 1.165) is 31.6 Å². The minimum absolute atomic E-state index is 0.180. The van der Waals surface area contributed by atoms with Gasteiger partial charge in [0.05, 0.1) is 54.1 Å². The Bertz CT molecular complexity index is 1450. The fourth-order valence-electron chi connectivity index (χ4n) is 4.88. The van der Waals surface area contributed by atoms with Crippen molar-refractivity contribution in [2.45, 2.75) is 42.9 Å². The molecule has 41 heavy (non-hydrogen) atoms. The number of aromatic nitrogens is 2. The number of fused-ring (bicyclic) bond motifs is 1. The fourth-order valence-corrected chi connectivity index (χ4v) is 6.22. The molecule has 0 amide bonds. The third-order valence-electron chi connectivity index (χ3n) is 7.15. The summed E-state index contributed by atoms with van der Waals surface area (Å²) in [4.78, 5) is 11.5. The molecule has 222 valence electrons. The van der Waals surface area contributed by atoms with E-state index < -0.39 is 15.1 Å². The van der Waals surface area contributed by atoms with Gasteiger partial charge in [-0.3, -0.25) is 4.90 Å². The Morgan fingerprint density at radius 3 is 2.27 bits per heavy atom. The van der Waals surface area contributed by atoms with Crippen molar-refractivity contribution in [3.8, 4) is 5.75 Å². The minimum Gasteiger partial charge on any atom is -0.495 e. The predicted octanol–water partition coefficient (Wildman–Crippen LogP) is 4.87. The van der Waals surface area contributed by atoms with E-state index in [1.54, 1.807) is 59.4 Å². The van der Waals surface area contributed by atoms with Crippen LogP contribution in [0.3, 0.4) is 0 Å². The molecule has 2 aromatic carbocycles. The normalized spacial score (nSPS) is 14.1. The van der Waals surface area contributed by atoms with Crippen molar-refractivity contribution in [2.75, 3.05) is 58.3 Å². The number of para-hydroxylation sites is 1. The number of nitrogens with one attached hydrogen (secondary N) is 2. The van der Waals surface area contributed by atoms with Crippen LogP contribution in [0.4, 0.5) is 23.1 Å². The maximum atomic E-state index is 12.9. The number of ether oxygens (including phenoxy) is 3. The number of nitrogens with zero attached hydrogens (tertiary/aromatic N) is 3. The Morgan fingerprint density at radius 2 is 1.63 bits per heavy atom. The highest BCUT2D eigenvalue weighted by Crippen LogP contribution is 2.34. The van der Waals surface area contributed by atoms with Crippen LogP contribution in [0.5, 0.6) is 5.75 Å². The van der Waals surface area contributed by atoms with Gasteiger partial charge in [0.2, 0.25) is 5.95 Å². The van der Waals surface area contributed by atoms with E-state index in [1.807, 2.05) is 0 Å². The fraction of sp³-hybridized carbons (Fsp3) is 0.448. The van der Waals surface area contributed by atoms with Crippen LogP contribution in [-0.2, 0) is 32.2 Å². The zero-order chi connectivity index (χ0) is 29.6. The molecular formula is C29H38ClN5O5S. The second-order valence-corrected chi connectivity index (χ2v) is 13.0. The van der Waals surface area contributed by atoms with Gasteiger partial charge in [-0.2, -0.15) is 4.98 Å². The van der Waals surface area contributed by atoms with E-state index in [-0.39, 0.29) is 27.7 Å². The molecule has 12 heteroatoms. The quantitative estimate of drug-likeness (QED) is 0.297. The van der Waals surface area contributed by atoms with Crippen LogP contribution < -0.4 is 15.4 Å². The van der Waals surface area contributed by atoms with E-state index in [0.29, 0.717) is 24.7 Å². The van der Waals surface area contributed by atoms with Crippen LogP contribution in [0.2, 0.25) is 5.02 Å². The summed E-state index contributed by atoms with van der Waals surface area (Å²) in [7, 11) is 1.52. The molecule has 2 N–H and O–H groups in total. The number of anilines is 4. The summed E-state index contributed by atoms with van der Waals surface area (Å²) < 4.78 is 42.4. The highest BCUT2D eigenvalue weighted by atomic mass is 35.5. The lowest BCUT2D eigenvalue weighted by atomic mass is 10.0. The molecule has 0 atom stereocenters. The molecule has 0 saturated carbocycles. The van der Waals surface area contributed by atoms with Gasteiger partial charge < -0.3 is 24.8 Å². The monoisotopic (exact) mass is 603 g/mol. The van der Waals surface area contributed by atoms with E-state index >= 15 is 0 Å². The molecule has 10 nitrogen and oxygen atoms in total. The number of halogens is 1. The van der Waals surface area contributed by atoms with Crippen molar-refractivity contribution < 1.29 is 22.6 Å². The lowest BCUT2D eigenvalue weighted by Crippen LogP contribution is -2.43. The molecular weight excluding hydrogens is 566 g/mol. The Hall–Kier alpha value is -2.96. The molecule has 0 bridgehead atoms. The van der Waals surface area contributed by atoms with Gasteiger partial charge in [-0.05, 0) is 62.1 Å². The maximum Gasteiger partial charge on any atom is 0.229 e. The molecule has 2 heterocycles. The van der Waals surface area contributed by atoms with Crippen molar-refractivity contribution in [3.05, 3.63) is 58.7 Å². The van der Waals surface area contributed by atoms with Gasteiger partial charge in [-0.1, -0.05) is 23.7 Å². The summed E-state index contributed by atoms with van der Waals surface area (Å²) in [5, 5.41) is 6.03. The van der Waals surface area contributed by atoms with Crippen LogP contribution in [0.15, 0.2) is 47.5 Å². The summed E-state index contributed by atoms with van der Waals surface area (Å²) >= 11 is 6.42. The highest BCUT2D eigenvalue weighted by molar-refractivity contribution is 7.92. The molecule has 1 aliphatic rings. The SMILES string of the molecule is COCC(COC)N1CCc2cc(Nc3ncc(Cl)c(Nc4ccccc4S(=O)(=O)C(C)C)n3)c(OC)cc2CC1. The largest absolute Gasteiger partial charge is 0.495 e. The number of benzene rings is 2. The van der Waals surface area contributed by atoms with Crippen molar-refractivity contribution in [1.82, 2.24) is 14.9 Å². The smallest absolute Gasteiger partial charge is 0.229 e. The van der Waals surface area contributed by atoms with Crippen LogP contribution in [0, 0.1) is 0 Å². The van der Waals surface area contributed by atoms with Gasteiger partial charge in [-0.15, -0.1) is 0 Å². The second kappa shape index (κ2) is 13.8. The maximum absolute atomic E-state index is 12.9. The topological polar surface area (TPSA) is 115 Å². The van der Waals surface area contributed by atoms with Gasteiger partial charge in [0.1, 0.15) is 10.8 Å². The molecule has 1 aliphatic heterocycles. The van der Waals surface area contributed by atoms with Gasteiger partial charge in [-0.25, -0.2) is 13.4 Å². The number of sulfone groups is 1. The third-order valence-corrected chi connectivity index (χ3v) is 9.64. The van der Waals surface area contributed by atoms with Crippen molar-refractivity contribution >= 4 is 44.6 Å². The number of rotatable bonds is 12. The number of hydrogen-bond acceptors (Lipinski definition) is 10. The Kier molecular flexibility index (Phi) is 10.4. The lowest BCUT2D eigenvalue weighted by Gasteiger charge is -2.29. The van der Waals surface area contributed by atoms with Crippen LogP contribution in [-0.4, -0.2) is 82.2 Å². The second-order valence-electron chi connectivity index (χ2n) is 10.2. The average molecular weight is 604 g/mol. The first kappa shape index (κ1) is 31.0. The van der Waals surface area contributed by atoms with Crippen LogP contribution in [0.1, 0.15) is 25.0 Å². The molecule has 0 saturated heterocycles. The summed E-state index contributed by atoms with van der Waals surface area (Å²) in [5.74, 6) is 1.24. The van der Waals surface area contributed by atoms with Gasteiger partial charge in [0, 0.05) is 27.3 Å². The Labute approximate surface area is 247 Å². The third kappa shape index (κ3) is 7.28. The van der Waals surface area contributed by atoms with Gasteiger partial charge in [0.25, 0.3) is 0 Å². The number of methoxy groups -OCH3 is 3. The lowest BCUT2D eigenvalue weighted by molar-refractivity contribution is 0.0377. The summed E-state index contributed by atoms with van der Waals surface area (Å²) in [6.45, 7) is 6.28. The van der Waals surface area contributed by atoms with E-state index in [4.69, 9.17) is 25.8 Å². The van der Waals surface area contributed by atoms with E-state index in [9.17, 15) is 8.42 Å². The van der Waals surface area contributed by atoms with Crippen molar-refractivity contribution in [2.24, 2.45) is 0 Å².